The topological polar surface area (TPSA) is 105 Å². The number of hydrogen-bond acceptors (Lipinski definition) is 8. The van der Waals surface area contributed by atoms with Crippen molar-refractivity contribution in [3.05, 3.63) is 30.3 Å². The predicted molar refractivity (Wildman–Crippen MR) is 114 cm³/mol. The molecule has 1 N–H and O–H groups in total. The van der Waals surface area contributed by atoms with E-state index in [1.807, 2.05) is 30.3 Å². The molecule has 2 aromatic rings. The van der Waals surface area contributed by atoms with Crippen molar-refractivity contribution in [2.75, 3.05) is 48.8 Å². The number of anilines is 2. The van der Waals surface area contributed by atoms with Gasteiger partial charge in [0.2, 0.25) is 22.9 Å². The summed E-state index contributed by atoms with van der Waals surface area (Å²) in [6.45, 7) is 2.69. The number of ether oxygens (including phenoxy) is 1. The first-order valence-corrected chi connectivity index (χ1v) is 11.4. The van der Waals surface area contributed by atoms with Crippen LogP contribution in [-0.4, -0.2) is 71.4 Å². The number of hydrogen-bond donors (Lipinski definition) is 1. The zero-order valence-electron chi connectivity index (χ0n) is 16.2. The molecule has 11 heteroatoms. The molecule has 0 spiro atoms. The Morgan fingerprint density at radius 1 is 1.20 bits per heavy atom. The minimum Gasteiger partial charge on any atom is -0.378 e. The van der Waals surface area contributed by atoms with Crippen molar-refractivity contribution in [2.24, 2.45) is 5.92 Å². The molecule has 0 aliphatic carbocycles. The van der Waals surface area contributed by atoms with Gasteiger partial charge in [-0.2, -0.15) is 0 Å². The van der Waals surface area contributed by atoms with Crippen molar-refractivity contribution in [2.45, 2.75) is 10.8 Å². The van der Waals surface area contributed by atoms with E-state index in [2.05, 4.69) is 15.5 Å². The Labute approximate surface area is 181 Å². The van der Waals surface area contributed by atoms with Crippen LogP contribution < -0.4 is 10.2 Å². The predicted octanol–water partition coefficient (Wildman–Crippen LogP) is 1.48. The molecule has 0 bridgehead atoms. The summed E-state index contributed by atoms with van der Waals surface area (Å²) in [6.07, 6.45) is 0.162. The fourth-order valence-corrected chi connectivity index (χ4v) is 4.95. The molecular weight excluding hydrogens is 426 g/mol. The van der Waals surface area contributed by atoms with E-state index in [0.717, 1.165) is 5.69 Å². The summed E-state index contributed by atoms with van der Waals surface area (Å²) >= 11 is 2.52. The molecule has 3 amide bonds. The van der Waals surface area contributed by atoms with Gasteiger partial charge in [-0.25, -0.2) is 0 Å². The molecular formula is C19H21N5O4S2. The number of amides is 3. The van der Waals surface area contributed by atoms with Gasteiger partial charge in [-0.1, -0.05) is 41.3 Å². The Bertz CT molecular complexity index is 917. The average Bonchev–Trinajstić information content (AvgIpc) is 3.39. The molecule has 3 heterocycles. The summed E-state index contributed by atoms with van der Waals surface area (Å²) in [5.74, 6) is -0.461. The zero-order chi connectivity index (χ0) is 20.9. The monoisotopic (exact) mass is 447 g/mol. The molecule has 0 radical (unpaired) electrons. The molecule has 2 aliphatic heterocycles. The highest BCUT2D eigenvalue weighted by Crippen LogP contribution is 2.28. The summed E-state index contributed by atoms with van der Waals surface area (Å²) in [5.41, 5.74) is 0.789. The number of nitrogens with zero attached hydrogens (tertiary/aromatic N) is 4. The Kier molecular flexibility index (Phi) is 6.60. The van der Waals surface area contributed by atoms with Gasteiger partial charge >= 0.3 is 0 Å². The quantitative estimate of drug-likeness (QED) is 0.528. The fraction of sp³-hybridized carbons (Fsp3) is 0.421. The minimum absolute atomic E-state index is 0.0366. The van der Waals surface area contributed by atoms with Gasteiger partial charge in [0, 0.05) is 31.7 Å². The average molecular weight is 448 g/mol. The lowest BCUT2D eigenvalue weighted by Gasteiger charge is -2.26. The number of morpholine rings is 1. The number of benzene rings is 1. The third kappa shape index (κ3) is 4.97. The maximum absolute atomic E-state index is 12.6. The van der Waals surface area contributed by atoms with Crippen molar-refractivity contribution in [1.82, 2.24) is 15.1 Å². The van der Waals surface area contributed by atoms with Gasteiger partial charge in [0.05, 0.1) is 24.9 Å². The molecule has 4 rings (SSSR count). The molecule has 2 aliphatic rings. The second-order valence-electron chi connectivity index (χ2n) is 6.89. The highest BCUT2D eigenvalue weighted by atomic mass is 32.2. The lowest BCUT2D eigenvalue weighted by atomic mass is 10.1. The molecule has 158 valence electrons. The molecule has 2 fully saturated rings. The van der Waals surface area contributed by atoms with Crippen LogP contribution in [0.25, 0.3) is 0 Å². The van der Waals surface area contributed by atoms with E-state index in [-0.39, 0.29) is 29.9 Å². The molecule has 2 saturated heterocycles. The summed E-state index contributed by atoms with van der Waals surface area (Å²) < 4.78 is 5.86. The molecule has 1 aromatic heterocycles. The van der Waals surface area contributed by atoms with E-state index in [0.29, 0.717) is 42.3 Å². The zero-order valence-corrected chi connectivity index (χ0v) is 17.8. The number of rotatable bonds is 6. The van der Waals surface area contributed by atoms with Gasteiger partial charge in [-0.15, -0.1) is 10.2 Å². The molecule has 0 saturated carbocycles. The second-order valence-corrected chi connectivity index (χ2v) is 9.09. The summed E-state index contributed by atoms with van der Waals surface area (Å²) in [7, 11) is 0. The van der Waals surface area contributed by atoms with Gasteiger partial charge in [-0.3, -0.25) is 14.4 Å². The van der Waals surface area contributed by atoms with Crippen LogP contribution >= 0.6 is 23.1 Å². The van der Waals surface area contributed by atoms with E-state index in [1.54, 1.807) is 9.80 Å². The molecule has 9 nitrogen and oxygen atoms in total. The Hall–Kier alpha value is -2.50. The molecule has 1 unspecified atom stereocenters. The third-order valence-corrected chi connectivity index (χ3v) is 6.84. The largest absolute Gasteiger partial charge is 0.378 e. The number of thioether (sulfide) groups is 1. The van der Waals surface area contributed by atoms with Gasteiger partial charge < -0.3 is 19.9 Å². The molecule has 30 heavy (non-hydrogen) atoms. The Morgan fingerprint density at radius 2 is 1.97 bits per heavy atom. The van der Waals surface area contributed by atoms with E-state index in [9.17, 15) is 14.4 Å². The van der Waals surface area contributed by atoms with Crippen LogP contribution in [0.15, 0.2) is 34.7 Å². The summed E-state index contributed by atoms with van der Waals surface area (Å²) in [4.78, 5) is 40.5. The smallest absolute Gasteiger partial charge is 0.233 e. The van der Waals surface area contributed by atoms with Crippen molar-refractivity contribution in [1.29, 1.82) is 0 Å². The highest BCUT2D eigenvalue weighted by Gasteiger charge is 2.35. The van der Waals surface area contributed by atoms with Crippen molar-refractivity contribution < 1.29 is 19.1 Å². The van der Waals surface area contributed by atoms with Gasteiger partial charge in [-0.05, 0) is 12.1 Å². The first kappa shape index (κ1) is 20.8. The van der Waals surface area contributed by atoms with Gasteiger partial charge in [0.25, 0.3) is 0 Å². The first-order valence-electron chi connectivity index (χ1n) is 9.58. The lowest BCUT2D eigenvalue weighted by Crippen LogP contribution is -2.41. The number of carbonyl (C=O) groups excluding carboxylic acids is 3. The van der Waals surface area contributed by atoms with E-state index < -0.39 is 5.92 Å². The number of carbonyl (C=O) groups is 3. The maximum atomic E-state index is 12.6. The highest BCUT2D eigenvalue weighted by molar-refractivity contribution is 8.01. The van der Waals surface area contributed by atoms with Crippen LogP contribution in [0.3, 0.4) is 0 Å². The fourth-order valence-electron chi connectivity index (χ4n) is 3.29. The van der Waals surface area contributed by atoms with E-state index in [4.69, 9.17) is 4.74 Å². The lowest BCUT2D eigenvalue weighted by molar-refractivity contribution is -0.132. The molecule has 1 aromatic carbocycles. The Morgan fingerprint density at radius 3 is 2.73 bits per heavy atom. The summed E-state index contributed by atoms with van der Waals surface area (Å²) in [6, 6.07) is 9.31. The van der Waals surface area contributed by atoms with Crippen LogP contribution in [-0.2, 0) is 19.1 Å². The molecule has 1 atom stereocenters. The standard InChI is InChI=1S/C19H21N5O4S2/c25-15-10-13(11-24(15)14-4-2-1-3-5-14)17(27)20-18-21-22-19(30-18)29-12-16(26)23-6-8-28-9-7-23/h1-5,13H,6-12H2,(H,20,21,27). The van der Waals surface area contributed by atoms with Crippen LogP contribution in [0.4, 0.5) is 10.8 Å². The maximum Gasteiger partial charge on any atom is 0.233 e. The van der Waals surface area contributed by atoms with Crippen molar-refractivity contribution in [3.63, 3.8) is 0 Å². The van der Waals surface area contributed by atoms with Gasteiger partial charge in [0.1, 0.15) is 0 Å². The number of para-hydroxylation sites is 1. The van der Waals surface area contributed by atoms with E-state index in [1.165, 1.54) is 23.1 Å². The van der Waals surface area contributed by atoms with Crippen LogP contribution in [0.5, 0.6) is 0 Å². The summed E-state index contributed by atoms with van der Waals surface area (Å²) in [5, 5.41) is 11.1. The van der Waals surface area contributed by atoms with Crippen LogP contribution in [0, 0.1) is 5.92 Å². The number of nitrogens with one attached hydrogen (secondary N) is 1. The van der Waals surface area contributed by atoms with Gasteiger partial charge in [0.15, 0.2) is 4.34 Å². The van der Waals surface area contributed by atoms with Crippen LogP contribution in [0.2, 0.25) is 0 Å². The third-order valence-electron chi connectivity index (χ3n) is 4.88. The SMILES string of the molecule is O=C(Nc1nnc(SCC(=O)N2CCOCC2)s1)C1CC(=O)N(c2ccccc2)C1. The number of aromatic nitrogens is 2. The van der Waals surface area contributed by atoms with E-state index >= 15 is 0 Å². The first-order chi connectivity index (χ1) is 14.6. The normalized spacial score (nSPS) is 19.2. The van der Waals surface area contributed by atoms with Crippen molar-refractivity contribution in [3.8, 4) is 0 Å². The Balaban J connectivity index is 1.28. The minimum atomic E-state index is -0.444. The second kappa shape index (κ2) is 9.54. The van der Waals surface area contributed by atoms with Crippen LogP contribution in [0.1, 0.15) is 6.42 Å². The van der Waals surface area contributed by atoms with Crippen molar-refractivity contribution >= 4 is 51.6 Å².